The Hall–Kier alpha value is -1.79. The summed E-state index contributed by atoms with van der Waals surface area (Å²) in [6.45, 7) is 1.66. The normalized spacial score (nSPS) is 29.5. The summed E-state index contributed by atoms with van der Waals surface area (Å²) in [5.74, 6) is 3.67. The van der Waals surface area contributed by atoms with Crippen molar-refractivity contribution in [3.63, 3.8) is 0 Å². The zero-order valence-electron chi connectivity index (χ0n) is 16.0. The molecule has 1 aromatic carbocycles. The molecule has 1 saturated carbocycles. The fourth-order valence-corrected chi connectivity index (χ4v) is 6.29. The minimum Gasteiger partial charge on any atom is -0.473 e. The summed E-state index contributed by atoms with van der Waals surface area (Å²) in [5, 5.41) is 0.992. The van der Waals surface area contributed by atoms with E-state index in [0.29, 0.717) is 18.5 Å². The van der Waals surface area contributed by atoms with Crippen molar-refractivity contribution < 1.29 is 4.74 Å². The van der Waals surface area contributed by atoms with Gasteiger partial charge in [0.25, 0.3) is 5.88 Å². The molecule has 0 radical (unpaired) electrons. The number of piperidine rings is 1. The number of fused-ring (bicyclic) bond motifs is 4. The molecule has 154 valence electrons. The minimum absolute atomic E-state index is 0. The first-order chi connectivity index (χ1) is 13.7. The maximum Gasteiger partial charge on any atom is 0.258 e. The number of benzene rings is 1. The molecule has 0 amide bonds. The van der Waals surface area contributed by atoms with Crippen molar-refractivity contribution in [1.82, 2.24) is 9.97 Å². The van der Waals surface area contributed by atoms with Gasteiger partial charge in [-0.1, -0.05) is 31.7 Å². The fourth-order valence-electron chi connectivity index (χ4n) is 5.27. The highest BCUT2D eigenvalue weighted by atomic mass is 32.2. The maximum atomic E-state index is 6.77. The van der Waals surface area contributed by atoms with Crippen LogP contribution in [0, 0.1) is 11.3 Å². The van der Waals surface area contributed by atoms with E-state index in [1.54, 1.807) is 0 Å². The second-order valence-electron chi connectivity index (χ2n) is 8.92. The minimum atomic E-state index is 0. The topological polar surface area (TPSA) is 64.3 Å². The molecular formula is C23H30N4OS. The van der Waals surface area contributed by atoms with Crippen LogP contribution >= 0.6 is 11.8 Å². The summed E-state index contributed by atoms with van der Waals surface area (Å²) >= 11 is 1.81. The van der Waals surface area contributed by atoms with Gasteiger partial charge in [0.15, 0.2) is 5.82 Å². The van der Waals surface area contributed by atoms with E-state index in [0.717, 1.165) is 48.3 Å². The number of hydrogen-bond donors (Lipinski definition) is 1. The molecule has 4 aliphatic rings. The van der Waals surface area contributed by atoms with Gasteiger partial charge in [0.2, 0.25) is 0 Å². The van der Waals surface area contributed by atoms with Gasteiger partial charge in [0.05, 0.1) is 12.2 Å². The van der Waals surface area contributed by atoms with Gasteiger partial charge in [-0.25, -0.2) is 9.97 Å². The molecule has 0 unspecified atom stereocenters. The first-order valence-corrected chi connectivity index (χ1v) is 11.4. The summed E-state index contributed by atoms with van der Waals surface area (Å²) in [6, 6.07) is 9.16. The van der Waals surface area contributed by atoms with Crippen LogP contribution in [0.2, 0.25) is 0 Å². The smallest absolute Gasteiger partial charge is 0.258 e. The number of nitrogens with zero attached hydrogens (tertiary/aromatic N) is 3. The SMILES string of the molecule is C.N[C@@H]1c2ccccc2C[C@@]12CCN1c3ncc(SCC4CC4)nc3OC[C@H]1C2. The van der Waals surface area contributed by atoms with E-state index in [1.165, 1.54) is 24.0 Å². The van der Waals surface area contributed by atoms with Gasteiger partial charge in [-0.05, 0) is 54.6 Å². The summed E-state index contributed by atoms with van der Waals surface area (Å²) in [4.78, 5) is 11.9. The Kier molecular flexibility index (Phi) is 4.74. The molecule has 6 rings (SSSR count). The largest absolute Gasteiger partial charge is 0.473 e. The molecule has 0 bridgehead atoms. The monoisotopic (exact) mass is 410 g/mol. The van der Waals surface area contributed by atoms with Crippen LogP contribution in [0.25, 0.3) is 0 Å². The number of ether oxygens (including phenoxy) is 1. The predicted octanol–water partition coefficient (Wildman–Crippen LogP) is 4.22. The molecule has 2 aromatic rings. The van der Waals surface area contributed by atoms with Gasteiger partial charge >= 0.3 is 0 Å². The van der Waals surface area contributed by atoms with E-state index in [2.05, 4.69) is 29.2 Å². The molecule has 2 fully saturated rings. The number of anilines is 1. The van der Waals surface area contributed by atoms with Crippen molar-refractivity contribution in [3.05, 3.63) is 41.6 Å². The quantitative estimate of drug-likeness (QED) is 0.765. The Bertz CT molecular complexity index is 918. The lowest BCUT2D eigenvalue weighted by Gasteiger charge is -2.49. The first-order valence-electron chi connectivity index (χ1n) is 10.4. The van der Waals surface area contributed by atoms with Gasteiger partial charge in [-0.3, -0.25) is 0 Å². The Morgan fingerprint density at radius 3 is 2.97 bits per heavy atom. The van der Waals surface area contributed by atoms with Gasteiger partial charge in [-0.2, -0.15) is 0 Å². The van der Waals surface area contributed by atoms with E-state index in [-0.39, 0.29) is 18.9 Å². The fraction of sp³-hybridized carbons (Fsp3) is 0.565. The van der Waals surface area contributed by atoms with E-state index in [9.17, 15) is 0 Å². The lowest BCUT2D eigenvalue weighted by Crippen LogP contribution is -2.54. The van der Waals surface area contributed by atoms with Crippen LogP contribution in [0.15, 0.2) is 35.5 Å². The first kappa shape index (κ1) is 19.2. The van der Waals surface area contributed by atoms with Crippen LogP contribution in [0.4, 0.5) is 5.82 Å². The Labute approximate surface area is 177 Å². The van der Waals surface area contributed by atoms with Crippen LogP contribution in [-0.2, 0) is 6.42 Å². The van der Waals surface area contributed by atoms with E-state index < -0.39 is 0 Å². The highest BCUT2D eigenvalue weighted by Gasteiger charge is 2.50. The lowest BCUT2D eigenvalue weighted by molar-refractivity contribution is 0.120. The second-order valence-corrected chi connectivity index (χ2v) is 9.96. The molecule has 2 aliphatic carbocycles. The van der Waals surface area contributed by atoms with Crippen molar-refractivity contribution in [2.75, 3.05) is 23.8 Å². The van der Waals surface area contributed by atoms with E-state index >= 15 is 0 Å². The maximum absolute atomic E-state index is 6.77. The van der Waals surface area contributed by atoms with Crippen molar-refractivity contribution in [2.24, 2.45) is 17.1 Å². The van der Waals surface area contributed by atoms with Gasteiger partial charge in [0.1, 0.15) is 11.6 Å². The molecule has 2 N–H and O–H groups in total. The molecule has 5 nitrogen and oxygen atoms in total. The summed E-state index contributed by atoms with van der Waals surface area (Å²) in [7, 11) is 0. The Morgan fingerprint density at radius 1 is 1.28 bits per heavy atom. The molecule has 1 aromatic heterocycles. The number of nitrogens with two attached hydrogens (primary N) is 1. The Morgan fingerprint density at radius 2 is 2.14 bits per heavy atom. The molecule has 3 heterocycles. The second kappa shape index (κ2) is 7.17. The third-order valence-electron chi connectivity index (χ3n) is 7.07. The van der Waals surface area contributed by atoms with Crippen LogP contribution in [0.5, 0.6) is 5.88 Å². The van der Waals surface area contributed by atoms with Crippen LogP contribution in [0.3, 0.4) is 0 Å². The number of thioether (sulfide) groups is 1. The highest BCUT2D eigenvalue weighted by Crippen LogP contribution is 2.53. The number of aromatic nitrogens is 2. The number of rotatable bonds is 3. The molecule has 1 saturated heterocycles. The van der Waals surface area contributed by atoms with Crippen molar-refractivity contribution in [1.29, 1.82) is 0 Å². The summed E-state index contributed by atoms with van der Waals surface area (Å²) in [5.41, 5.74) is 9.68. The van der Waals surface area contributed by atoms with Crippen LogP contribution < -0.4 is 15.4 Å². The average Bonchev–Trinajstić information content (AvgIpc) is 3.52. The van der Waals surface area contributed by atoms with Crippen molar-refractivity contribution >= 4 is 17.6 Å². The molecule has 1 spiro atoms. The predicted molar refractivity (Wildman–Crippen MR) is 118 cm³/mol. The van der Waals surface area contributed by atoms with E-state index in [1.807, 2.05) is 18.0 Å². The molecule has 29 heavy (non-hydrogen) atoms. The van der Waals surface area contributed by atoms with Crippen molar-refractivity contribution in [2.45, 2.75) is 56.6 Å². The zero-order chi connectivity index (χ0) is 18.7. The molecule has 6 heteroatoms. The summed E-state index contributed by atoms with van der Waals surface area (Å²) < 4.78 is 6.10. The van der Waals surface area contributed by atoms with Gasteiger partial charge in [0, 0.05) is 18.3 Å². The van der Waals surface area contributed by atoms with Crippen molar-refractivity contribution in [3.8, 4) is 5.88 Å². The number of hydrogen-bond acceptors (Lipinski definition) is 6. The Balaban J connectivity index is 0.00000181. The van der Waals surface area contributed by atoms with E-state index in [4.69, 9.17) is 20.4 Å². The molecule has 2 aliphatic heterocycles. The van der Waals surface area contributed by atoms with Gasteiger partial charge < -0.3 is 15.4 Å². The molecule has 3 atom stereocenters. The third kappa shape index (κ3) is 3.21. The standard InChI is InChI=1S/C22H26N4OS.CH4/c23-19-17-4-2-1-3-15(17)9-22(19)7-8-26-16(10-22)12-27-21-20(26)24-11-18(25-21)28-13-14-5-6-14;/h1-4,11,14,16,19H,5-10,12-13,23H2;1H4/t16-,19-,22-;/m1./s1. The zero-order valence-corrected chi connectivity index (χ0v) is 16.8. The third-order valence-corrected chi connectivity index (χ3v) is 8.21. The molecular weight excluding hydrogens is 380 g/mol. The van der Waals surface area contributed by atoms with Crippen LogP contribution in [-0.4, -0.2) is 34.9 Å². The lowest BCUT2D eigenvalue weighted by atomic mass is 9.70. The van der Waals surface area contributed by atoms with Crippen LogP contribution in [0.1, 0.15) is 50.3 Å². The summed E-state index contributed by atoms with van der Waals surface area (Å²) in [6.07, 6.45) is 7.90. The highest BCUT2D eigenvalue weighted by molar-refractivity contribution is 7.99. The van der Waals surface area contributed by atoms with Gasteiger partial charge in [-0.15, -0.1) is 11.8 Å². The average molecular weight is 411 g/mol.